The first kappa shape index (κ1) is 14.1. The minimum Gasteiger partial charge on any atom is -0.486 e. The maximum atomic E-state index is 13.8. The van der Waals surface area contributed by atoms with Crippen LogP contribution < -0.4 is 4.74 Å². The van der Waals surface area contributed by atoms with E-state index in [9.17, 15) is 4.39 Å². The summed E-state index contributed by atoms with van der Waals surface area (Å²) in [6, 6.07) is 11.2. The third-order valence-corrected chi connectivity index (χ3v) is 3.47. The van der Waals surface area contributed by atoms with Crippen molar-refractivity contribution in [2.75, 3.05) is 0 Å². The molecule has 0 aliphatic carbocycles. The summed E-state index contributed by atoms with van der Waals surface area (Å²) >= 11 is 3.30. The molecular formula is C16H16BrFO. The fourth-order valence-electron chi connectivity index (χ4n) is 2.06. The summed E-state index contributed by atoms with van der Waals surface area (Å²) in [5, 5.41) is 0.640. The van der Waals surface area contributed by atoms with E-state index in [1.54, 1.807) is 6.07 Å². The third kappa shape index (κ3) is 3.80. The molecule has 0 aliphatic heterocycles. The van der Waals surface area contributed by atoms with Crippen LogP contribution in [-0.2, 0) is 11.9 Å². The second kappa shape index (κ2) is 6.20. The van der Waals surface area contributed by atoms with E-state index in [4.69, 9.17) is 4.74 Å². The first-order valence-corrected chi connectivity index (χ1v) is 7.25. The van der Waals surface area contributed by atoms with Gasteiger partial charge in [0.05, 0.1) is 0 Å². The van der Waals surface area contributed by atoms with Crippen LogP contribution in [-0.4, -0.2) is 0 Å². The Kier molecular flexibility index (Phi) is 4.59. The van der Waals surface area contributed by atoms with E-state index in [2.05, 4.69) is 34.1 Å². The van der Waals surface area contributed by atoms with Gasteiger partial charge < -0.3 is 4.74 Å². The minimum absolute atomic E-state index is 0.295. The lowest BCUT2D eigenvalue weighted by Crippen LogP contribution is -1.99. The fourth-order valence-corrected chi connectivity index (χ4v) is 2.41. The maximum Gasteiger partial charge on any atom is 0.165 e. The first-order valence-electron chi connectivity index (χ1n) is 6.13. The van der Waals surface area contributed by atoms with E-state index in [1.807, 2.05) is 19.9 Å². The molecule has 0 spiro atoms. The summed E-state index contributed by atoms with van der Waals surface area (Å²) in [4.78, 5) is 0. The van der Waals surface area contributed by atoms with Gasteiger partial charge in [0.2, 0.25) is 0 Å². The molecule has 1 nitrogen and oxygen atoms in total. The van der Waals surface area contributed by atoms with Gasteiger partial charge in [-0.25, -0.2) is 4.39 Å². The van der Waals surface area contributed by atoms with E-state index >= 15 is 0 Å². The van der Waals surface area contributed by atoms with Crippen molar-refractivity contribution in [3.8, 4) is 5.75 Å². The Bertz CT molecular complexity index is 561. The van der Waals surface area contributed by atoms with Crippen molar-refractivity contribution in [3.05, 3.63) is 64.5 Å². The van der Waals surface area contributed by atoms with Crippen molar-refractivity contribution < 1.29 is 9.13 Å². The predicted molar refractivity (Wildman–Crippen MR) is 79.3 cm³/mol. The highest BCUT2D eigenvalue weighted by molar-refractivity contribution is 9.08. The number of rotatable bonds is 4. The molecule has 100 valence electrons. The monoisotopic (exact) mass is 322 g/mol. The Labute approximate surface area is 121 Å². The van der Waals surface area contributed by atoms with Crippen LogP contribution in [0.3, 0.4) is 0 Å². The summed E-state index contributed by atoms with van der Waals surface area (Å²) in [5.41, 5.74) is 4.33. The van der Waals surface area contributed by atoms with Gasteiger partial charge in [0.1, 0.15) is 6.61 Å². The molecule has 0 aliphatic rings. The summed E-state index contributed by atoms with van der Waals surface area (Å²) in [7, 11) is 0. The average molecular weight is 323 g/mol. The largest absolute Gasteiger partial charge is 0.486 e. The second-order valence-electron chi connectivity index (χ2n) is 4.68. The molecule has 0 radical (unpaired) electrons. The highest BCUT2D eigenvalue weighted by Crippen LogP contribution is 2.21. The number of hydrogen-bond donors (Lipinski definition) is 0. The number of hydrogen-bond acceptors (Lipinski definition) is 1. The SMILES string of the molecule is Cc1cc(C)cc(COc2ccc(CBr)cc2F)c1. The lowest BCUT2D eigenvalue weighted by atomic mass is 10.1. The molecule has 0 amide bonds. The predicted octanol–water partition coefficient (Wildman–Crippen LogP) is 4.92. The van der Waals surface area contributed by atoms with Crippen LogP contribution >= 0.6 is 15.9 Å². The van der Waals surface area contributed by atoms with Crippen molar-refractivity contribution in [1.82, 2.24) is 0 Å². The van der Waals surface area contributed by atoms with Gasteiger partial charge in [0.25, 0.3) is 0 Å². The van der Waals surface area contributed by atoms with Crippen LogP contribution in [0.15, 0.2) is 36.4 Å². The fraction of sp³-hybridized carbons (Fsp3) is 0.250. The molecule has 0 saturated heterocycles. The van der Waals surface area contributed by atoms with E-state index < -0.39 is 0 Å². The van der Waals surface area contributed by atoms with Crippen molar-refractivity contribution in [3.63, 3.8) is 0 Å². The molecule has 0 atom stereocenters. The van der Waals surface area contributed by atoms with E-state index in [1.165, 1.54) is 17.2 Å². The molecule has 2 aromatic rings. The maximum absolute atomic E-state index is 13.8. The highest BCUT2D eigenvalue weighted by Gasteiger charge is 2.05. The van der Waals surface area contributed by atoms with Crippen molar-refractivity contribution >= 4 is 15.9 Å². The third-order valence-electron chi connectivity index (χ3n) is 2.83. The highest BCUT2D eigenvalue weighted by atomic mass is 79.9. The van der Waals surface area contributed by atoms with Gasteiger partial charge in [-0.05, 0) is 37.1 Å². The first-order chi connectivity index (χ1) is 9.08. The van der Waals surface area contributed by atoms with Gasteiger partial charge in [0, 0.05) is 5.33 Å². The molecule has 0 fully saturated rings. The molecule has 0 saturated carbocycles. The Morgan fingerprint density at radius 3 is 2.26 bits per heavy atom. The molecule has 0 aromatic heterocycles. The quantitative estimate of drug-likeness (QED) is 0.726. The Hall–Kier alpha value is -1.35. The van der Waals surface area contributed by atoms with Crippen LogP contribution in [0.25, 0.3) is 0 Å². The van der Waals surface area contributed by atoms with Crippen LogP contribution in [0.4, 0.5) is 4.39 Å². The molecule has 0 N–H and O–H groups in total. The van der Waals surface area contributed by atoms with E-state index in [0.29, 0.717) is 17.7 Å². The Balaban J connectivity index is 2.10. The number of alkyl halides is 1. The van der Waals surface area contributed by atoms with Crippen molar-refractivity contribution in [2.45, 2.75) is 25.8 Å². The number of ether oxygens (including phenoxy) is 1. The molecule has 0 heterocycles. The standard InChI is InChI=1S/C16H16BrFO/c1-11-5-12(2)7-14(6-11)10-19-16-4-3-13(9-17)8-15(16)18/h3-8H,9-10H2,1-2H3. The lowest BCUT2D eigenvalue weighted by Gasteiger charge is -2.09. The van der Waals surface area contributed by atoms with Crippen LogP contribution in [0, 0.1) is 19.7 Å². The summed E-state index contributed by atoms with van der Waals surface area (Å²) in [6.07, 6.45) is 0. The minimum atomic E-state index is -0.318. The molecule has 0 bridgehead atoms. The van der Waals surface area contributed by atoms with Gasteiger partial charge in [-0.3, -0.25) is 0 Å². The van der Waals surface area contributed by atoms with Gasteiger partial charge >= 0.3 is 0 Å². The molecule has 2 aromatic carbocycles. The average Bonchev–Trinajstić information content (AvgIpc) is 2.36. The van der Waals surface area contributed by atoms with Gasteiger partial charge in [0.15, 0.2) is 11.6 Å². The molecule has 19 heavy (non-hydrogen) atoms. The zero-order chi connectivity index (χ0) is 13.8. The van der Waals surface area contributed by atoms with E-state index in [0.717, 1.165) is 11.1 Å². The Morgan fingerprint density at radius 1 is 1.00 bits per heavy atom. The normalized spacial score (nSPS) is 10.5. The summed E-state index contributed by atoms with van der Waals surface area (Å²) in [6.45, 7) is 4.47. The zero-order valence-corrected chi connectivity index (χ0v) is 12.6. The van der Waals surface area contributed by atoms with Crippen molar-refractivity contribution in [2.24, 2.45) is 0 Å². The number of aryl methyl sites for hydroxylation is 2. The number of halogens is 2. The van der Waals surface area contributed by atoms with Crippen LogP contribution in [0.5, 0.6) is 5.75 Å². The van der Waals surface area contributed by atoms with Crippen LogP contribution in [0.1, 0.15) is 22.3 Å². The second-order valence-corrected chi connectivity index (χ2v) is 5.24. The lowest BCUT2D eigenvalue weighted by molar-refractivity contribution is 0.290. The Morgan fingerprint density at radius 2 is 1.68 bits per heavy atom. The number of benzene rings is 2. The van der Waals surface area contributed by atoms with E-state index in [-0.39, 0.29) is 5.82 Å². The topological polar surface area (TPSA) is 9.23 Å². The summed E-state index contributed by atoms with van der Waals surface area (Å²) < 4.78 is 19.3. The smallest absolute Gasteiger partial charge is 0.165 e. The summed E-state index contributed by atoms with van der Waals surface area (Å²) in [5.74, 6) is -0.0230. The van der Waals surface area contributed by atoms with Crippen molar-refractivity contribution in [1.29, 1.82) is 0 Å². The van der Waals surface area contributed by atoms with Crippen LogP contribution in [0.2, 0.25) is 0 Å². The molecule has 0 unspecified atom stereocenters. The molecule has 3 heteroatoms. The van der Waals surface area contributed by atoms with Gasteiger partial charge in [-0.15, -0.1) is 0 Å². The van der Waals surface area contributed by atoms with Gasteiger partial charge in [-0.2, -0.15) is 0 Å². The van der Waals surface area contributed by atoms with Gasteiger partial charge in [-0.1, -0.05) is 51.3 Å². The molecular weight excluding hydrogens is 307 g/mol. The zero-order valence-electron chi connectivity index (χ0n) is 11.0. The molecule has 2 rings (SSSR count).